The normalized spacial score (nSPS) is 10.4. The summed E-state index contributed by atoms with van der Waals surface area (Å²) in [4.78, 5) is 21.9. The molecule has 0 spiro atoms. The van der Waals surface area contributed by atoms with Crippen LogP contribution in [0.5, 0.6) is 0 Å². The monoisotopic (exact) mass is 239 g/mol. The lowest BCUT2D eigenvalue weighted by Crippen LogP contribution is -2.27. The quantitative estimate of drug-likeness (QED) is 0.841. The van der Waals surface area contributed by atoms with Gasteiger partial charge in [-0.3, -0.25) is 4.79 Å². The molecule has 5 heteroatoms. The van der Waals surface area contributed by atoms with E-state index in [4.69, 9.17) is 5.11 Å². The van der Waals surface area contributed by atoms with Crippen LogP contribution in [0.4, 0.5) is 4.39 Å². The van der Waals surface area contributed by atoms with E-state index in [-0.39, 0.29) is 23.9 Å². The van der Waals surface area contributed by atoms with Gasteiger partial charge in [0.05, 0.1) is 5.56 Å². The first kappa shape index (κ1) is 13.2. The van der Waals surface area contributed by atoms with Crippen LogP contribution in [0.1, 0.15) is 29.8 Å². The first-order valence-corrected chi connectivity index (χ1v) is 5.21. The number of hydrogen-bond donors (Lipinski definition) is 2. The second kappa shape index (κ2) is 5.43. The van der Waals surface area contributed by atoms with Gasteiger partial charge in [-0.2, -0.15) is 0 Å². The van der Waals surface area contributed by atoms with Gasteiger partial charge in [0.25, 0.3) is 0 Å². The van der Waals surface area contributed by atoms with Gasteiger partial charge < -0.3 is 10.4 Å². The fraction of sp³-hybridized carbons (Fsp3) is 0.333. The summed E-state index contributed by atoms with van der Waals surface area (Å²) in [7, 11) is 0. The summed E-state index contributed by atoms with van der Waals surface area (Å²) in [6.07, 6.45) is 0. The molecule has 0 aliphatic heterocycles. The average molecular weight is 239 g/mol. The van der Waals surface area contributed by atoms with Gasteiger partial charge in [0.15, 0.2) is 0 Å². The molecule has 0 saturated carbocycles. The zero-order valence-corrected chi connectivity index (χ0v) is 9.66. The van der Waals surface area contributed by atoms with E-state index in [1.165, 1.54) is 12.1 Å². The number of halogens is 1. The molecule has 0 atom stereocenters. The SMILES string of the molecule is CC(C)C(=O)NCc1ccc(C(=O)O)c(F)c1. The number of benzene rings is 1. The smallest absolute Gasteiger partial charge is 0.338 e. The van der Waals surface area contributed by atoms with E-state index >= 15 is 0 Å². The van der Waals surface area contributed by atoms with Gasteiger partial charge in [0.2, 0.25) is 5.91 Å². The molecular weight excluding hydrogens is 225 g/mol. The number of nitrogens with one attached hydrogen (secondary N) is 1. The molecule has 1 aromatic rings. The van der Waals surface area contributed by atoms with Crippen molar-refractivity contribution in [2.24, 2.45) is 5.92 Å². The summed E-state index contributed by atoms with van der Waals surface area (Å²) in [5.41, 5.74) is 0.158. The summed E-state index contributed by atoms with van der Waals surface area (Å²) < 4.78 is 13.3. The predicted molar refractivity (Wildman–Crippen MR) is 60.0 cm³/mol. The third kappa shape index (κ3) is 3.55. The predicted octanol–water partition coefficient (Wildman–Crippen LogP) is 1.80. The first-order chi connectivity index (χ1) is 7.91. The molecule has 0 unspecified atom stereocenters. The van der Waals surface area contributed by atoms with E-state index in [0.29, 0.717) is 5.56 Å². The number of carbonyl (C=O) groups is 2. The van der Waals surface area contributed by atoms with E-state index < -0.39 is 11.8 Å². The highest BCUT2D eigenvalue weighted by Crippen LogP contribution is 2.10. The minimum absolute atomic E-state index is 0.132. The minimum atomic E-state index is -1.31. The van der Waals surface area contributed by atoms with Crippen molar-refractivity contribution in [1.82, 2.24) is 5.32 Å². The average Bonchev–Trinajstić information content (AvgIpc) is 2.25. The Hall–Kier alpha value is -1.91. The summed E-state index contributed by atoms with van der Waals surface area (Å²) >= 11 is 0. The summed E-state index contributed by atoms with van der Waals surface area (Å²) in [6, 6.07) is 3.78. The maximum atomic E-state index is 13.3. The second-order valence-electron chi connectivity index (χ2n) is 3.99. The topological polar surface area (TPSA) is 66.4 Å². The standard InChI is InChI=1S/C12H14FNO3/c1-7(2)11(15)14-6-8-3-4-9(12(16)17)10(13)5-8/h3-5,7H,6H2,1-2H3,(H,14,15)(H,16,17). The fourth-order valence-corrected chi connectivity index (χ4v) is 1.24. The Kier molecular flexibility index (Phi) is 4.20. The number of carboxylic acid groups (broad SMARTS) is 1. The lowest BCUT2D eigenvalue weighted by molar-refractivity contribution is -0.124. The van der Waals surface area contributed by atoms with Crippen LogP contribution in [0, 0.1) is 11.7 Å². The van der Waals surface area contributed by atoms with Crippen LogP contribution in [0.15, 0.2) is 18.2 Å². The molecule has 0 bridgehead atoms. The highest BCUT2D eigenvalue weighted by Gasteiger charge is 2.11. The van der Waals surface area contributed by atoms with Crippen molar-refractivity contribution in [2.75, 3.05) is 0 Å². The molecule has 0 aliphatic carbocycles. The molecule has 0 saturated heterocycles. The molecule has 2 N–H and O–H groups in total. The molecule has 0 aromatic heterocycles. The van der Waals surface area contributed by atoms with E-state index in [1.54, 1.807) is 13.8 Å². The maximum absolute atomic E-state index is 13.3. The van der Waals surface area contributed by atoms with Crippen LogP contribution in [-0.2, 0) is 11.3 Å². The summed E-state index contributed by atoms with van der Waals surface area (Å²) in [5, 5.41) is 11.3. The molecule has 0 fully saturated rings. The molecule has 1 amide bonds. The van der Waals surface area contributed by atoms with Gasteiger partial charge in [-0.15, -0.1) is 0 Å². The molecule has 92 valence electrons. The van der Waals surface area contributed by atoms with Crippen LogP contribution in [-0.4, -0.2) is 17.0 Å². The highest BCUT2D eigenvalue weighted by atomic mass is 19.1. The highest BCUT2D eigenvalue weighted by molar-refractivity contribution is 5.87. The molecule has 0 radical (unpaired) electrons. The number of carbonyl (C=O) groups excluding carboxylic acids is 1. The molecule has 0 aliphatic rings. The number of rotatable bonds is 4. The number of hydrogen-bond acceptors (Lipinski definition) is 2. The van der Waals surface area contributed by atoms with Gasteiger partial charge in [-0.05, 0) is 17.7 Å². The van der Waals surface area contributed by atoms with Crippen molar-refractivity contribution in [3.05, 3.63) is 35.1 Å². The zero-order chi connectivity index (χ0) is 13.0. The van der Waals surface area contributed by atoms with Crippen molar-refractivity contribution in [3.8, 4) is 0 Å². The van der Waals surface area contributed by atoms with Crippen molar-refractivity contribution in [1.29, 1.82) is 0 Å². The Morgan fingerprint density at radius 1 is 1.41 bits per heavy atom. The molecule has 0 heterocycles. The zero-order valence-electron chi connectivity index (χ0n) is 9.66. The Bertz CT molecular complexity index is 443. The van der Waals surface area contributed by atoms with Gasteiger partial charge in [0.1, 0.15) is 5.82 Å². The van der Waals surface area contributed by atoms with Crippen LogP contribution in [0.3, 0.4) is 0 Å². The third-order valence-electron chi connectivity index (χ3n) is 2.26. The summed E-state index contributed by atoms with van der Waals surface area (Å²) in [5.74, 6) is -2.38. The second-order valence-corrected chi connectivity index (χ2v) is 3.99. The summed E-state index contributed by atoms with van der Waals surface area (Å²) in [6.45, 7) is 3.70. The number of aromatic carboxylic acids is 1. The van der Waals surface area contributed by atoms with Crippen LogP contribution < -0.4 is 5.32 Å². The van der Waals surface area contributed by atoms with Crippen molar-refractivity contribution < 1.29 is 19.1 Å². The molecular formula is C12H14FNO3. The largest absolute Gasteiger partial charge is 0.478 e. The molecule has 1 rings (SSSR count). The van der Waals surface area contributed by atoms with E-state index in [9.17, 15) is 14.0 Å². The Morgan fingerprint density at radius 2 is 2.06 bits per heavy atom. The number of carboxylic acids is 1. The molecule has 17 heavy (non-hydrogen) atoms. The van der Waals surface area contributed by atoms with Crippen LogP contribution in [0.25, 0.3) is 0 Å². The maximum Gasteiger partial charge on any atom is 0.338 e. The fourth-order valence-electron chi connectivity index (χ4n) is 1.24. The lowest BCUT2D eigenvalue weighted by Gasteiger charge is -2.08. The van der Waals surface area contributed by atoms with Crippen LogP contribution >= 0.6 is 0 Å². The van der Waals surface area contributed by atoms with E-state index in [0.717, 1.165) is 6.07 Å². The van der Waals surface area contributed by atoms with Crippen molar-refractivity contribution in [3.63, 3.8) is 0 Å². The van der Waals surface area contributed by atoms with E-state index in [2.05, 4.69) is 5.32 Å². The van der Waals surface area contributed by atoms with Gasteiger partial charge in [0, 0.05) is 12.5 Å². The van der Waals surface area contributed by atoms with Crippen LogP contribution in [0.2, 0.25) is 0 Å². The Balaban J connectivity index is 2.71. The third-order valence-corrected chi connectivity index (χ3v) is 2.26. The van der Waals surface area contributed by atoms with Gasteiger partial charge in [-0.25, -0.2) is 9.18 Å². The van der Waals surface area contributed by atoms with Crippen molar-refractivity contribution >= 4 is 11.9 Å². The Labute approximate surface area is 98.5 Å². The lowest BCUT2D eigenvalue weighted by atomic mass is 10.1. The molecule has 1 aromatic carbocycles. The number of amides is 1. The first-order valence-electron chi connectivity index (χ1n) is 5.21. The van der Waals surface area contributed by atoms with Crippen molar-refractivity contribution in [2.45, 2.75) is 20.4 Å². The minimum Gasteiger partial charge on any atom is -0.478 e. The van der Waals surface area contributed by atoms with Gasteiger partial charge in [-0.1, -0.05) is 19.9 Å². The van der Waals surface area contributed by atoms with Gasteiger partial charge >= 0.3 is 5.97 Å². The van der Waals surface area contributed by atoms with E-state index in [1.807, 2.05) is 0 Å². The Morgan fingerprint density at radius 3 is 2.53 bits per heavy atom. The molecule has 4 nitrogen and oxygen atoms in total.